The summed E-state index contributed by atoms with van der Waals surface area (Å²) in [5, 5.41) is 0. The van der Waals surface area contributed by atoms with Gasteiger partial charge in [-0.25, -0.2) is 4.39 Å². The van der Waals surface area contributed by atoms with Crippen LogP contribution in [0.3, 0.4) is 0 Å². The summed E-state index contributed by atoms with van der Waals surface area (Å²) in [7, 11) is 1.95. The van der Waals surface area contributed by atoms with Gasteiger partial charge in [-0.1, -0.05) is 0 Å². The van der Waals surface area contributed by atoms with E-state index in [1.807, 2.05) is 25.8 Å². The van der Waals surface area contributed by atoms with Gasteiger partial charge in [0.2, 0.25) is 0 Å². The van der Waals surface area contributed by atoms with Crippen molar-refractivity contribution in [1.82, 2.24) is 4.90 Å². The predicted molar refractivity (Wildman–Crippen MR) is 47.0 cm³/mol. The lowest BCUT2D eigenvalue weighted by atomic mass is 10.2. The van der Waals surface area contributed by atoms with Crippen molar-refractivity contribution in [3.8, 4) is 0 Å². The van der Waals surface area contributed by atoms with Gasteiger partial charge in [0.1, 0.15) is 6.17 Å². The van der Waals surface area contributed by atoms with E-state index in [9.17, 15) is 4.39 Å². The molecule has 2 atom stereocenters. The van der Waals surface area contributed by atoms with E-state index in [1.165, 1.54) is 0 Å². The van der Waals surface area contributed by atoms with Crippen molar-refractivity contribution in [1.29, 1.82) is 0 Å². The van der Waals surface area contributed by atoms with Gasteiger partial charge in [-0.05, 0) is 27.3 Å². The molecule has 1 aliphatic rings. The summed E-state index contributed by atoms with van der Waals surface area (Å²) in [4.78, 5) is 2.03. The molecule has 72 valence electrons. The van der Waals surface area contributed by atoms with Crippen molar-refractivity contribution in [2.24, 2.45) is 0 Å². The molecule has 0 spiro atoms. The molecule has 0 radical (unpaired) electrons. The van der Waals surface area contributed by atoms with Crippen LogP contribution in [0.25, 0.3) is 0 Å². The molecule has 0 amide bonds. The molecule has 1 aliphatic heterocycles. The van der Waals surface area contributed by atoms with Gasteiger partial charge in [-0.15, -0.1) is 0 Å². The lowest BCUT2D eigenvalue weighted by Gasteiger charge is -2.21. The Morgan fingerprint density at radius 1 is 1.58 bits per heavy atom. The van der Waals surface area contributed by atoms with E-state index in [2.05, 4.69) is 0 Å². The van der Waals surface area contributed by atoms with Crippen molar-refractivity contribution < 1.29 is 9.13 Å². The molecule has 0 unspecified atom stereocenters. The van der Waals surface area contributed by atoms with Crippen molar-refractivity contribution in [3.05, 3.63) is 0 Å². The molecule has 0 N–H and O–H groups in total. The third kappa shape index (κ3) is 2.42. The van der Waals surface area contributed by atoms with Crippen LogP contribution >= 0.6 is 0 Å². The molecular weight excluding hydrogens is 157 g/mol. The van der Waals surface area contributed by atoms with Gasteiger partial charge in [0.25, 0.3) is 0 Å². The maximum absolute atomic E-state index is 13.2. The first-order chi connectivity index (χ1) is 5.61. The standard InChI is InChI=1S/C9H18FNO/c1-7(2)12-6-9-8(10)4-5-11(9)3/h7-9H,4-6H2,1-3H3/t8-,9+/m0/s1. The highest BCUT2D eigenvalue weighted by atomic mass is 19.1. The average Bonchev–Trinajstić information content (AvgIpc) is 2.28. The Kier molecular flexibility index (Phi) is 3.47. The van der Waals surface area contributed by atoms with Crippen LogP contribution in [0.1, 0.15) is 20.3 Å². The van der Waals surface area contributed by atoms with E-state index in [0.29, 0.717) is 13.0 Å². The van der Waals surface area contributed by atoms with Crippen molar-refractivity contribution in [3.63, 3.8) is 0 Å². The fourth-order valence-corrected chi connectivity index (χ4v) is 1.48. The quantitative estimate of drug-likeness (QED) is 0.643. The Morgan fingerprint density at radius 2 is 2.25 bits per heavy atom. The van der Waals surface area contributed by atoms with Gasteiger partial charge in [0.05, 0.1) is 18.8 Å². The summed E-state index contributed by atoms with van der Waals surface area (Å²) in [5.41, 5.74) is 0. The highest BCUT2D eigenvalue weighted by molar-refractivity contribution is 4.84. The number of likely N-dealkylation sites (tertiary alicyclic amines) is 1. The summed E-state index contributed by atoms with van der Waals surface area (Å²) < 4.78 is 18.6. The van der Waals surface area contributed by atoms with Crippen molar-refractivity contribution in [2.45, 2.75) is 38.6 Å². The molecule has 1 heterocycles. The van der Waals surface area contributed by atoms with Crippen LogP contribution in [-0.4, -0.2) is 43.4 Å². The Morgan fingerprint density at radius 3 is 2.67 bits per heavy atom. The number of alkyl halides is 1. The van der Waals surface area contributed by atoms with Crippen LogP contribution < -0.4 is 0 Å². The third-order valence-corrected chi connectivity index (χ3v) is 2.34. The molecule has 0 aromatic heterocycles. The maximum Gasteiger partial charge on any atom is 0.119 e. The fourth-order valence-electron chi connectivity index (χ4n) is 1.48. The highest BCUT2D eigenvalue weighted by Gasteiger charge is 2.31. The van der Waals surface area contributed by atoms with E-state index in [4.69, 9.17) is 4.74 Å². The van der Waals surface area contributed by atoms with Crippen LogP contribution in [0.5, 0.6) is 0 Å². The number of ether oxygens (including phenoxy) is 1. The lowest BCUT2D eigenvalue weighted by Crippen LogP contribution is -2.35. The minimum absolute atomic E-state index is 0.0209. The molecule has 1 fully saturated rings. The number of rotatable bonds is 3. The van der Waals surface area contributed by atoms with E-state index < -0.39 is 6.17 Å². The predicted octanol–water partition coefficient (Wildman–Crippen LogP) is 1.45. The molecular formula is C9H18FNO. The molecule has 12 heavy (non-hydrogen) atoms. The van der Waals surface area contributed by atoms with Crippen LogP contribution in [0.4, 0.5) is 4.39 Å². The molecule has 2 nitrogen and oxygen atoms in total. The second-order valence-corrected chi connectivity index (χ2v) is 3.73. The zero-order chi connectivity index (χ0) is 9.14. The van der Waals surface area contributed by atoms with Crippen LogP contribution in [-0.2, 0) is 4.74 Å². The first kappa shape index (κ1) is 9.93. The monoisotopic (exact) mass is 175 g/mol. The topological polar surface area (TPSA) is 12.5 Å². The SMILES string of the molecule is CC(C)OC[C@@H]1[C@@H](F)CCN1C. The largest absolute Gasteiger partial charge is 0.377 e. The zero-order valence-corrected chi connectivity index (χ0v) is 8.09. The van der Waals surface area contributed by atoms with Gasteiger partial charge < -0.3 is 4.74 Å². The number of nitrogens with zero attached hydrogens (tertiary/aromatic N) is 1. The molecule has 0 saturated carbocycles. The van der Waals surface area contributed by atoms with Crippen molar-refractivity contribution in [2.75, 3.05) is 20.2 Å². The van der Waals surface area contributed by atoms with E-state index in [1.54, 1.807) is 0 Å². The zero-order valence-electron chi connectivity index (χ0n) is 8.09. The molecule has 0 bridgehead atoms. The number of hydrogen-bond donors (Lipinski definition) is 0. The minimum Gasteiger partial charge on any atom is -0.377 e. The number of likely N-dealkylation sites (N-methyl/N-ethyl adjacent to an activating group) is 1. The normalized spacial score (nSPS) is 31.8. The van der Waals surface area contributed by atoms with Crippen LogP contribution in [0.15, 0.2) is 0 Å². The second kappa shape index (κ2) is 4.19. The van der Waals surface area contributed by atoms with E-state index >= 15 is 0 Å². The minimum atomic E-state index is -0.700. The Labute approximate surface area is 73.7 Å². The summed E-state index contributed by atoms with van der Waals surface area (Å²) in [6.45, 7) is 5.33. The van der Waals surface area contributed by atoms with E-state index in [-0.39, 0.29) is 12.1 Å². The molecule has 1 saturated heterocycles. The van der Waals surface area contributed by atoms with Gasteiger partial charge in [-0.3, -0.25) is 4.90 Å². The molecule has 0 aromatic rings. The highest BCUT2D eigenvalue weighted by Crippen LogP contribution is 2.19. The maximum atomic E-state index is 13.2. The Bertz CT molecular complexity index is 130. The average molecular weight is 175 g/mol. The number of halogens is 1. The van der Waals surface area contributed by atoms with Crippen LogP contribution in [0, 0.1) is 0 Å². The summed E-state index contributed by atoms with van der Waals surface area (Å²) in [6, 6.07) is -0.0209. The van der Waals surface area contributed by atoms with Gasteiger partial charge in [-0.2, -0.15) is 0 Å². The number of hydrogen-bond acceptors (Lipinski definition) is 2. The molecule has 3 heteroatoms. The molecule has 1 rings (SSSR count). The van der Waals surface area contributed by atoms with Gasteiger partial charge >= 0.3 is 0 Å². The van der Waals surface area contributed by atoms with Gasteiger partial charge in [0, 0.05) is 6.54 Å². The summed E-state index contributed by atoms with van der Waals surface area (Å²) in [5.74, 6) is 0. The first-order valence-corrected chi connectivity index (χ1v) is 4.57. The molecule has 0 aliphatic carbocycles. The Balaban J connectivity index is 2.29. The Hall–Kier alpha value is -0.150. The second-order valence-electron chi connectivity index (χ2n) is 3.73. The third-order valence-electron chi connectivity index (χ3n) is 2.34. The smallest absolute Gasteiger partial charge is 0.119 e. The summed E-state index contributed by atoms with van der Waals surface area (Å²) in [6.07, 6.45) is 0.155. The first-order valence-electron chi connectivity index (χ1n) is 4.57. The van der Waals surface area contributed by atoms with Crippen LogP contribution in [0.2, 0.25) is 0 Å². The molecule has 0 aromatic carbocycles. The lowest BCUT2D eigenvalue weighted by molar-refractivity contribution is 0.0273. The summed E-state index contributed by atoms with van der Waals surface area (Å²) >= 11 is 0. The fraction of sp³-hybridized carbons (Fsp3) is 1.00. The van der Waals surface area contributed by atoms with Crippen molar-refractivity contribution >= 4 is 0 Å². The van der Waals surface area contributed by atoms with E-state index in [0.717, 1.165) is 6.54 Å². The van der Waals surface area contributed by atoms with Gasteiger partial charge in [0.15, 0.2) is 0 Å².